The molecule has 80 valence electrons. The lowest BCUT2D eigenvalue weighted by molar-refractivity contribution is 0.277. The van der Waals surface area contributed by atoms with E-state index >= 15 is 0 Å². The van der Waals surface area contributed by atoms with Gasteiger partial charge in [0.1, 0.15) is 0 Å². The van der Waals surface area contributed by atoms with Gasteiger partial charge >= 0.3 is 0 Å². The third kappa shape index (κ3) is 6.60. The van der Waals surface area contributed by atoms with Crippen LogP contribution in [0.2, 0.25) is 0 Å². The molecule has 1 N–H and O–H groups in total. The zero-order valence-corrected chi connectivity index (χ0v) is 8.97. The van der Waals surface area contributed by atoms with Crippen molar-refractivity contribution in [2.75, 3.05) is 0 Å². The number of aliphatic hydroxyl groups excluding tert-OH is 1. The Hall–Kier alpha value is -1.45. The van der Waals surface area contributed by atoms with Crippen molar-refractivity contribution >= 4 is 12.4 Å². The van der Waals surface area contributed by atoms with Crippen molar-refractivity contribution < 1.29 is 5.11 Å². The van der Waals surface area contributed by atoms with Gasteiger partial charge in [-0.2, -0.15) is 0 Å². The molecule has 0 fully saturated rings. The summed E-state index contributed by atoms with van der Waals surface area (Å²) >= 11 is 0. The van der Waals surface area contributed by atoms with E-state index in [1.165, 1.54) is 0 Å². The zero-order chi connectivity index (χ0) is 10.1. The molecule has 0 aliphatic rings. The van der Waals surface area contributed by atoms with Gasteiger partial charge in [0.15, 0.2) is 0 Å². The Morgan fingerprint density at radius 3 is 1.87 bits per heavy atom. The number of hydrogen-bond donors (Lipinski definition) is 1. The molecule has 2 aromatic heterocycles. The first-order valence-electron chi connectivity index (χ1n) is 4.29. The average molecular weight is 225 g/mol. The van der Waals surface area contributed by atoms with Gasteiger partial charge in [-0.1, -0.05) is 12.1 Å². The van der Waals surface area contributed by atoms with E-state index in [-0.39, 0.29) is 19.0 Å². The highest BCUT2D eigenvalue weighted by molar-refractivity contribution is 5.85. The quantitative estimate of drug-likeness (QED) is 0.807. The summed E-state index contributed by atoms with van der Waals surface area (Å²) in [5.41, 5.74) is 0.715. The molecule has 0 aliphatic heterocycles. The Balaban J connectivity index is 0.000000253. The fourth-order valence-electron chi connectivity index (χ4n) is 0.804. The highest BCUT2D eigenvalue weighted by Gasteiger charge is 1.82. The molecule has 0 saturated heterocycles. The van der Waals surface area contributed by atoms with Gasteiger partial charge in [0.25, 0.3) is 0 Å². The van der Waals surface area contributed by atoms with Crippen molar-refractivity contribution in [1.82, 2.24) is 9.97 Å². The van der Waals surface area contributed by atoms with Gasteiger partial charge in [-0.15, -0.1) is 12.4 Å². The van der Waals surface area contributed by atoms with E-state index < -0.39 is 0 Å². The fourth-order valence-corrected chi connectivity index (χ4v) is 0.804. The number of aliphatic hydroxyl groups is 1. The highest BCUT2D eigenvalue weighted by atomic mass is 35.5. The molecule has 0 radical (unpaired) electrons. The number of nitrogens with zero attached hydrogens (tertiary/aromatic N) is 2. The lowest BCUT2D eigenvalue weighted by Crippen LogP contribution is -1.84. The third-order valence-electron chi connectivity index (χ3n) is 1.45. The maximum atomic E-state index is 8.48. The second kappa shape index (κ2) is 9.12. The lowest BCUT2D eigenvalue weighted by Gasteiger charge is -1.88. The molecule has 0 bridgehead atoms. The summed E-state index contributed by atoms with van der Waals surface area (Å²) in [5.74, 6) is 0. The topological polar surface area (TPSA) is 46.0 Å². The monoisotopic (exact) mass is 224 g/mol. The van der Waals surface area contributed by atoms with Crippen LogP contribution in [0.4, 0.5) is 0 Å². The van der Waals surface area contributed by atoms with Gasteiger partial charge in [-0.05, 0) is 24.3 Å². The van der Waals surface area contributed by atoms with Gasteiger partial charge in [0.2, 0.25) is 0 Å². The molecule has 0 saturated carbocycles. The SMILES string of the molecule is Cl.OCc1ccccn1.c1ccncc1. The molecular formula is C11H13ClN2O. The van der Waals surface area contributed by atoms with E-state index in [0.29, 0.717) is 5.69 Å². The van der Waals surface area contributed by atoms with E-state index in [1.807, 2.05) is 30.3 Å². The van der Waals surface area contributed by atoms with Crippen LogP contribution >= 0.6 is 12.4 Å². The molecule has 4 heteroatoms. The Bertz CT molecular complexity index is 302. The van der Waals surface area contributed by atoms with Gasteiger partial charge in [-0.3, -0.25) is 9.97 Å². The molecular weight excluding hydrogens is 212 g/mol. The molecule has 0 atom stereocenters. The highest BCUT2D eigenvalue weighted by Crippen LogP contribution is 1.89. The maximum Gasteiger partial charge on any atom is 0.0852 e. The van der Waals surface area contributed by atoms with E-state index in [0.717, 1.165) is 0 Å². The Kier molecular flexibility index (Phi) is 8.24. The second-order valence-corrected chi connectivity index (χ2v) is 2.50. The van der Waals surface area contributed by atoms with E-state index in [4.69, 9.17) is 5.11 Å². The first-order valence-corrected chi connectivity index (χ1v) is 4.29. The Morgan fingerprint density at radius 2 is 1.60 bits per heavy atom. The smallest absolute Gasteiger partial charge is 0.0852 e. The molecule has 0 unspecified atom stereocenters. The third-order valence-corrected chi connectivity index (χ3v) is 1.45. The van der Waals surface area contributed by atoms with Gasteiger partial charge in [0.05, 0.1) is 12.3 Å². The summed E-state index contributed by atoms with van der Waals surface area (Å²) in [4.78, 5) is 7.63. The van der Waals surface area contributed by atoms with Crippen LogP contribution in [0.5, 0.6) is 0 Å². The summed E-state index contributed by atoms with van der Waals surface area (Å²) in [6.45, 7) is 0.0286. The van der Waals surface area contributed by atoms with Crippen molar-refractivity contribution in [3.05, 3.63) is 60.7 Å². The van der Waals surface area contributed by atoms with Crippen LogP contribution in [-0.4, -0.2) is 15.1 Å². The minimum absolute atomic E-state index is 0. The Labute approximate surface area is 95.2 Å². The molecule has 2 aromatic rings. The first-order chi connectivity index (χ1) is 6.93. The first kappa shape index (κ1) is 13.5. The second-order valence-electron chi connectivity index (χ2n) is 2.50. The Morgan fingerprint density at radius 1 is 0.933 bits per heavy atom. The molecule has 15 heavy (non-hydrogen) atoms. The summed E-state index contributed by atoms with van der Waals surface area (Å²) < 4.78 is 0. The summed E-state index contributed by atoms with van der Waals surface area (Å²) in [7, 11) is 0. The van der Waals surface area contributed by atoms with Crippen molar-refractivity contribution in [2.45, 2.75) is 6.61 Å². The van der Waals surface area contributed by atoms with Crippen LogP contribution in [0.25, 0.3) is 0 Å². The zero-order valence-electron chi connectivity index (χ0n) is 8.15. The van der Waals surface area contributed by atoms with Crippen LogP contribution in [0.3, 0.4) is 0 Å². The van der Waals surface area contributed by atoms with Crippen LogP contribution in [-0.2, 0) is 6.61 Å². The minimum atomic E-state index is 0. The molecule has 0 aliphatic carbocycles. The summed E-state index contributed by atoms with van der Waals surface area (Å²) in [5, 5.41) is 8.48. The standard InChI is InChI=1S/C6H7NO.C5H5N.ClH/c8-5-6-3-1-2-4-7-6;1-2-4-6-5-3-1;/h1-4,8H,5H2;1-5H;1H. The summed E-state index contributed by atoms with van der Waals surface area (Å²) in [6.07, 6.45) is 5.16. The maximum absolute atomic E-state index is 8.48. The van der Waals surface area contributed by atoms with Crippen LogP contribution in [0.15, 0.2) is 55.0 Å². The molecule has 3 nitrogen and oxygen atoms in total. The number of aromatic nitrogens is 2. The van der Waals surface area contributed by atoms with Gasteiger partial charge < -0.3 is 5.11 Å². The lowest BCUT2D eigenvalue weighted by atomic mass is 10.4. The molecule has 0 aromatic carbocycles. The van der Waals surface area contributed by atoms with Crippen molar-refractivity contribution in [1.29, 1.82) is 0 Å². The molecule has 0 spiro atoms. The molecule has 2 rings (SSSR count). The number of pyridine rings is 2. The predicted molar refractivity (Wildman–Crippen MR) is 61.6 cm³/mol. The van der Waals surface area contributed by atoms with Gasteiger partial charge in [-0.25, -0.2) is 0 Å². The average Bonchev–Trinajstić information content (AvgIpc) is 2.33. The molecule has 2 heterocycles. The minimum Gasteiger partial charge on any atom is -0.390 e. The van der Waals surface area contributed by atoms with Crippen molar-refractivity contribution in [3.8, 4) is 0 Å². The molecule has 0 amide bonds. The largest absolute Gasteiger partial charge is 0.390 e. The van der Waals surface area contributed by atoms with E-state index in [2.05, 4.69) is 9.97 Å². The van der Waals surface area contributed by atoms with Crippen LogP contribution in [0, 0.1) is 0 Å². The van der Waals surface area contributed by atoms with Crippen LogP contribution in [0.1, 0.15) is 5.69 Å². The number of rotatable bonds is 1. The predicted octanol–water partition coefficient (Wildman–Crippen LogP) is 2.08. The van der Waals surface area contributed by atoms with Gasteiger partial charge in [0, 0.05) is 18.6 Å². The van der Waals surface area contributed by atoms with Crippen molar-refractivity contribution in [3.63, 3.8) is 0 Å². The van der Waals surface area contributed by atoms with E-state index in [9.17, 15) is 0 Å². The van der Waals surface area contributed by atoms with Crippen LogP contribution < -0.4 is 0 Å². The fraction of sp³-hybridized carbons (Fsp3) is 0.0909. The summed E-state index contributed by atoms with van der Waals surface area (Å²) in [6, 6.07) is 11.2. The van der Waals surface area contributed by atoms with Crippen molar-refractivity contribution in [2.24, 2.45) is 0 Å². The number of hydrogen-bond acceptors (Lipinski definition) is 3. The normalized spacial score (nSPS) is 8.07. The van der Waals surface area contributed by atoms with E-state index in [1.54, 1.807) is 24.7 Å². The number of halogens is 1.